The number of rotatable bonds is 3. The zero-order valence-electron chi connectivity index (χ0n) is 8.78. The molecule has 15 heavy (non-hydrogen) atoms. The zero-order valence-corrected chi connectivity index (χ0v) is 8.78. The van der Waals surface area contributed by atoms with Gasteiger partial charge >= 0.3 is 0 Å². The van der Waals surface area contributed by atoms with Crippen LogP contribution in [0.15, 0.2) is 30.3 Å². The minimum absolute atomic E-state index is 0.384. The standard InChI is InChI=1S/C12H15FO2/c1-2-11(13)12(14-8-9-15-12)10-6-4-3-5-7-10/h3-7,11H,2,8-9H2,1H3. The van der Waals surface area contributed by atoms with E-state index in [0.717, 1.165) is 5.56 Å². The largest absolute Gasteiger partial charge is 0.341 e. The van der Waals surface area contributed by atoms with Crippen molar-refractivity contribution in [3.05, 3.63) is 35.9 Å². The summed E-state index contributed by atoms with van der Waals surface area (Å²) in [5, 5.41) is 0. The molecule has 1 aromatic carbocycles. The third kappa shape index (κ3) is 1.77. The Labute approximate surface area is 89.0 Å². The molecule has 0 spiro atoms. The van der Waals surface area contributed by atoms with Gasteiger partial charge in [-0.3, -0.25) is 0 Å². The lowest BCUT2D eigenvalue weighted by Crippen LogP contribution is -2.37. The van der Waals surface area contributed by atoms with Crippen LogP contribution in [0.25, 0.3) is 0 Å². The summed E-state index contributed by atoms with van der Waals surface area (Å²) in [5.41, 5.74) is 0.761. The van der Waals surface area contributed by atoms with Crippen molar-refractivity contribution in [1.82, 2.24) is 0 Å². The van der Waals surface area contributed by atoms with Gasteiger partial charge in [0.05, 0.1) is 13.2 Å². The van der Waals surface area contributed by atoms with Crippen molar-refractivity contribution in [3.8, 4) is 0 Å². The molecule has 1 aliphatic heterocycles. The van der Waals surface area contributed by atoms with E-state index in [-0.39, 0.29) is 0 Å². The third-order valence-corrected chi connectivity index (χ3v) is 2.66. The van der Waals surface area contributed by atoms with Crippen LogP contribution in [0.1, 0.15) is 18.9 Å². The monoisotopic (exact) mass is 210 g/mol. The van der Waals surface area contributed by atoms with Crippen molar-refractivity contribution in [3.63, 3.8) is 0 Å². The summed E-state index contributed by atoms with van der Waals surface area (Å²) in [6, 6.07) is 9.31. The Kier molecular flexibility index (Phi) is 3.03. The lowest BCUT2D eigenvalue weighted by Gasteiger charge is -2.30. The van der Waals surface area contributed by atoms with Gasteiger partial charge in [0.1, 0.15) is 0 Å². The number of ether oxygens (including phenoxy) is 2. The van der Waals surface area contributed by atoms with Gasteiger partial charge in [-0.05, 0) is 6.42 Å². The van der Waals surface area contributed by atoms with E-state index in [1.54, 1.807) is 6.92 Å². The third-order valence-electron chi connectivity index (χ3n) is 2.66. The number of hydrogen-bond donors (Lipinski definition) is 0. The highest BCUT2D eigenvalue weighted by Crippen LogP contribution is 2.37. The maximum absolute atomic E-state index is 13.9. The molecule has 1 atom stereocenters. The van der Waals surface area contributed by atoms with Gasteiger partial charge in [-0.25, -0.2) is 4.39 Å². The second kappa shape index (κ2) is 4.29. The van der Waals surface area contributed by atoms with Crippen LogP contribution >= 0.6 is 0 Å². The second-order valence-electron chi connectivity index (χ2n) is 3.61. The molecule has 1 saturated heterocycles. The molecule has 0 bridgehead atoms. The molecule has 1 aromatic rings. The Morgan fingerprint density at radius 1 is 1.27 bits per heavy atom. The van der Waals surface area contributed by atoms with Crippen LogP contribution in [-0.2, 0) is 15.3 Å². The number of halogens is 1. The molecule has 0 aromatic heterocycles. The van der Waals surface area contributed by atoms with Crippen molar-refractivity contribution >= 4 is 0 Å². The molecule has 0 N–H and O–H groups in total. The fourth-order valence-electron chi connectivity index (χ4n) is 1.90. The molecule has 1 fully saturated rings. The minimum Gasteiger partial charge on any atom is -0.341 e. The van der Waals surface area contributed by atoms with Gasteiger partial charge in [0.15, 0.2) is 6.17 Å². The van der Waals surface area contributed by atoms with Crippen molar-refractivity contribution in [2.24, 2.45) is 0 Å². The summed E-state index contributed by atoms with van der Waals surface area (Å²) in [6.45, 7) is 2.70. The Balaban J connectivity index is 2.35. The number of alkyl halides is 1. The topological polar surface area (TPSA) is 18.5 Å². The van der Waals surface area contributed by atoms with Gasteiger partial charge < -0.3 is 9.47 Å². The van der Waals surface area contributed by atoms with Crippen molar-refractivity contribution in [2.45, 2.75) is 25.3 Å². The van der Waals surface area contributed by atoms with Crippen LogP contribution in [-0.4, -0.2) is 19.4 Å². The van der Waals surface area contributed by atoms with Gasteiger partial charge in [0, 0.05) is 5.56 Å². The predicted octanol–water partition coefficient (Wildman–Crippen LogP) is 2.63. The average molecular weight is 210 g/mol. The van der Waals surface area contributed by atoms with Crippen LogP contribution < -0.4 is 0 Å². The van der Waals surface area contributed by atoms with Crippen LogP contribution in [0.3, 0.4) is 0 Å². The summed E-state index contributed by atoms with van der Waals surface area (Å²) >= 11 is 0. The van der Waals surface area contributed by atoms with E-state index in [1.165, 1.54) is 0 Å². The smallest absolute Gasteiger partial charge is 0.227 e. The summed E-state index contributed by atoms with van der Waals surface area (Å²) < 4.78 is 24.9. The Bertz CT molecular complexity index is 307. The van der Waals surface area contributed by atoms with Crippen molar-refractivity contribution in [1.29, 1.82) is 0 Å². The molecule has 3 heteroatoms. The average Bonchev–Trinajstić information content (AvgIpc) is 2.79. The molecule has 0 saturated carbocycles. The van der Waals surface area contributed by atoms with Crippen LogP contribution in [0.4, 0.5) is 4.39 Å². The zero-order chi connectivity index (χ0) is 10.7. The summed E-state index contributed by atoms with van der Waals surface area (Å²) in [7, 11) is 0. The molecule has 1 unspecified atom stereocenters. The van der Waals surface area contributed by atoms with E-state index >= 15 is 0 Å². The highest BCUT2D eigenvalue weighted by atomic mass is 19.1. The maximum atomic E-state index is 13.9. The highest BCUT2D eigenvalue weighted by Gasteiger charge is 2.45. The molecule has 0 amide bonds. The molecular formula is C12H15FO2. The normalized spacial score (nSPS) is 21.5. The van der Waals surface area contributed by atoms with Gasteiger partial charge in [0.25, 0.3) is 0 Å². The molecule has 0 radical (unpaired) electrons. The lowest BCUT2D eigenvalue weighted by atomic mass is 9.99. The van der Waals surface area contributed by atoms with E-state index in [4.69, 9.17) is 9.47 Å². The summed E-state index contributed by atoms with van der Waals surface area (Å²) in [5.74, 6) is -1.17. The van der Waals surface area contributed by atoms with Crippen LogP contribution in [0.2, 0.25) is 0 Å². The molecule has 1 heterocycles. The van der Waals surface area contributed by atoms with Crippen LogP contribution in [0, 0.1) is 0 Å². The van der Waals surface area contributed by atoms with E-state index in [1.807, 2.05) is 30.3 Å². The van der Waals surface area contributed by atoms with Crippen molar-refractivity contribution in [2.75, 3.05) is 13.2 Å². The Hall–Kier alpha value is -0.930. The van der Waals surface area contributed by atoms with Gasteiger partial charge in [-0.15, -0.1) is 0 Å². The van der Waals surface area contributed by atoms with Gasteiger partial charge in [0.2, 0.25) is 5.79 Å². The first-order chi connectivity index (χ1) is 7.29. The molecule has 0 aliphatic carbocycles. The van der Waals surface area contributed by atoms with E-state index in [2.05, 4.69) is 0 Å². The van der Waals surface area contributed by atoms with Crippen LogP contribution in [0.5, 0.6) is 0 Å². The molecule has 1 aliphatic rings. The molecule has 82 valence electrons. The Morgan fingerprint density at radius 2 is 1.87 bits per heavy atom. The van der Waals surface area contributed by atoms with E-state index in [0.29, 0.717) is 19.6 Å². The van der Waals surface area contributed by atoms with E-state index in [9.17, 15) is 4.39 Å². The van der Waals surface area contributed by atoms with E-state index < -0.39 is 12.0 Å². The minimum atomic E-state index is -1.17. The number of benzene rings is 1. The second-order valence-corrected chi connectivity index (χ2v) is 3.61. The SMILES string of the molecule is CCC(F)C1(c2ccccc2)OCCO1. The lowest BCUT2D eigenvalue weighted by molar-refractivity contribution is -0.210. The molecule has 2 rings (SSSR count). The number of hydrogen-bond acceptors (Lipinski definition) is 2. The fourth-order valence-corrected chi connectivity index (χ4v) is 1.90. The summed E-state index contributed by atoms with van der Waals surface area (Å²) in [6.07, 6.45) is -0.739. The van der Waals surface area contributed by atoms with Gasteiger partial charge in [-0.1, -0.05) is 37.3 Å². The summed E-state index contributed by atoms with van der Waals surface area (Å²) in [4.78, 5) is 0. The van der Waals surface area contributed by atoms with Gasteiger partial charge in [-0.2, -0.15) is 0 Å². The Morgan fingerprint density at radius 3 is 2.40 bits per heavy atom. The first-order valence-corrected chi connectivity index (χ1v) is 5.27. The maximum Gasteiger partial charge on any atom is 0.227 e. The highest BCUT2D eigenvalue weighted by molar-refractivity contribution is 5.22. The quantitative estimate of drug-likeness (QED) is 0.763. The van der Waals surface area contributed by atoms with Crippen molar-refractivity contribution < 1.29 is 13.9 Å². The molecule has 2 nitrogen and oxygen atoms in total. The first kappa shape index (κ1) is 10.6. The molecular weight excluding hydrogens is 195 g/mol. The fraction of sp³-hybridized carbons (Fsp3) is 0.500. The predicted molar refractivity (Wildman–Crippen MR) is 55.2 cm³/mol. The first-order valence-electron chi connectivity index (χ1n) is 5.27.